The molecule has 5 heteroatoms. The first kappa shape index (κ1) is 12.5. The predicted octanol–water partition coefficient (Wildman–Crippen LogP) is 3.52. The van der Waals surface area contributed by atoms with Crippen LogP contribution in [0.1, 0.15) is 13.3 Å². The second-order valence-electron chi connectivity index (χ2n) is 4.57. The smallest absolute Gasteiger partial charge is 0.207 e. The molecule has 3 N–H and O–H groups in total. The minimum absolute atomic E-state index is 0.700. The van der Waals surface area contributed by atoms with Crippen molar-refractivity contribution in [1.29, 1.82) is 0 Å². The molecule has 0 fully saturated rings. The number of H-pyrrole nitrogens is 1. The van der Waals surface area contributed by atoms with Crippen molar-refractivity contribution in [2.24, 2.45) is 0 Å². The third-order valence-electron chi connectivity index (χ3n) is 2.94. The predicted molar refractivity (Wildman–Crippen MR) is 82.4 cm³/mol. The lowest BCUT2D eigenvalue weighted by Gasteiger charge is -2.01. The molecular weight excluding hydrogens is 250 g/mol. The number of aromatic nitrogens is 3. The molecule has 20 heavy (non-hydrogen) atoms. The second-order valence-corrected chi connectivity index (χ2v) is 4.57. The summed E-state index contributed by atoms with van der Waals surface area (Å²) in [5, 5.41) is 6.49. The number of benzene rings is 1. The van der Waals surface area contributed by atoms with E-state index in [0.29, 0.717) is 11.6 Å². The van der Waals surface area contributed by atoms with E-state index in [4.69, 9.17) is 0 Å². The Balaban J connectivity index is 1.83. The third kappa shape index (κ3) is 2.71. The molecule has 0 saturated heterocycles. The van der Waals surface area contributed by atoms with Gasteiger partial charge in [0.1, 0.15) is 5.82 Å². The number of imidazole rings is 1. The normalized spacial score (nSPS) is 10.7. The highest BCUT2D eigenvalue weighted by atomic mass is 15.2. The van der Waals surface area contributed by atoms with Crippen molar-refractivity contribution in [2.45, 2.75) is 13.3 Å². The van der Waals surface area contributed by atoms with Crippen molar-refractivity contribution >= 4 is 28.6 Å². The van der Waals surface area contributed by atoms with Crippen molar-refractivity contribution in [2.75, 3.05) is 17.2 Å². The number of nitrogens with zero attached hydrogens (tertiary/aromatic N) is 2. The molecular formula is C15H17N5. The summed E-state index contributed by atoms with van der Waals surface area (Å²) < 4.78 is 0. The van der Waals surface area contributed by atoms with Gasteiger partial charge in [-0.3, -0.25) is 0 Å². The highest BCUT2D eigenvalue weighted by Gasteiger charge is 2.05. The largest absolute Gasteiger partial charge is 0.370 e. The summed E-state index contributed by atoms with van der Waals surface area (Å²) in [5.41, 5.74) is 2.63. The maximum absolute atomic E-state index is 4.48. The molecule has 0 bridgehead atoms. The zero-order chi connectivity index (χ0) is 13.8. The number of pyridine rings is 1. The van der Waals surface area contributed by atoms with Crippen molar-refractivity contribution < 1.29 is 0 Å². The fourth-order valence-corrected chi connectivity index (χ4v) is 1.96. The molecule has 102 valence electrons. The number of rotatable bonds is 5. The minimum atomic E-state index is 0.700. The zero-order valence-corrected chi connectivity index (χ0v) is 11.4. The van der Waals surface area contributed by atoms with Crippen LogP contribution < -0.4 is 10.6 Å². The fraction of sp³-hybridized carbons (Fsp3) is 0.200. The van der Waals surface area contributed by atoms with Crippen LogP contribution in [0.15, 0.2) is 42.5 Å². The average molecular weight is 267 g/mol. The molecule has 1 aromatic carbocycles. The van der Waals surface area contributed by atoms with Gasteiger partial charge in [-0.2, -0.15) is 4.98 Å². The number of nitrogens with one attached hydrogen (secondary N) is 3. The average Bonchev–Trinajstić information content (AvgIpc) is 2.87. The van der Waals surface area contributed by atoms with Crippen LogP contribution in [-0.2, 0) is 0 Å². The molecule has 2 aromatic heterocycles. The molecule has 0 unspecified atom stereocenters. The van der Waals surface area contributed by atoms with E-state index in [2.05, 4.69) is 32.5 Å². The van der Waals surface area contributed by atoms with Crippen LogP contribution in [0.25, 0.3) is 11.2 Å². The van der Waals surface area contributed by atoms with E-state index >= 15 is 0 Å². The quantitative estimate of drug-likeness (QED) is 0.661. The van der Waals surface area contributed by atoms with Gasteiger partial charge in [0.15, 0.2) is 5.65 Å². The lowest BCUT2D eigenvalue weighted by Crippen LogP contribution is -2.01. The highest BCUT2D eigenvalue weighted by Crippen LogP contribution is 2.18. The summed E-state index contributed by atoms with van der Waals surface area (Å²) in [6.07, 6.45) is 1.07. The molecule has 3 aromatic rings. The number of fused-ring (bicyclic) bond motifs is 1. The van der Waals surface area contributed by atoms with E-state index in [1.807, 2.05) is 42.5 Å². The Labute approximate surface area is 117 Å². The van der Waals surface area contributed by atoms with Gasteiger partial charge in [-0.25, -0.2) is 4.98 Å². The first-order valence-corrected chi connectivity index (χ1v) is 6.78. The molecule has 0 aliphatic carbocycles. The Hall–Kier alpha value is -2.56. The highest BCUT2D eigenvalue weighted by molar-refractivity contribution is 5.76. The van der Waals surface area contributed by atoms with E-state index in [1.54, 1.807) is 0 Å². The maximum atomic E-state index is 4.48. The van der Waals surface area contributed by atoms with Crippen LogP contribution >= 0.6 is 0 Å². The first-order valence-electron chi connectivity index (χ1n) is 6.78. The molecule has 3 rings (SSSR count). The number of para-hydroxylation sites is 1. The SMILES string of the molecule is CCCNc1ccc2[nH]c(Nc3ccccc3)nc2n1. The van der Waals surface area contributed by atoms with Crippen molar-refractivity contribution in [3.8, 4) is 0 Å². The van der Waals surface area contributed by atoms with Crippen molar-refractivity contribution in [3.05, 3.63) is 42.5 Å². The summed E-state index contributed by atoms with van der Waals surface area (Å²) in [6, 6.07) is 13.9. The Morgan fingerprint density at radius 1 is 1.05 bits per heavy atom. The summed E-state index contributed by atoms with van der Waals surface area (Å²) >= 11 is 0. The Bertz CT molecular complexity index is 690. The summed E-state index contributed by atoms with van der Waals surface area (Å²) in [4.78, 5) is 12.2. The maximum Gasteiger partial charge on any atom is 0.207 e. The van der Waals surface area contributed by atoms with E-state index in [-0.39, 0.29) is 0 Å². The van der Waals surface area contributed by atoms with Crippen LogP contribution in [-0.4, -0.2) is 21.5 Å². The van der Waals surface area contributed by atoms with Crippen LogP contribution in [0.4, 0.5) is 17.5 Å². The summed E-state index contributed by atoms with van der Waals surface area (Å²) in [7, 11) is 0. The third-order valence-corrected chi connectivity index (χ3v) is 2.94. The Morgan fingerprint density at radius 3 is 2.70 bits per heavy atom. The van der Waals surface area contributed by atoms with Gasteiger partial charge >= 0.3 is 0 Å². The second kappa shape index (κ2) is 5.61. The molecule has 0 aliphatic heterocycles. The number of hydrogen-bond acceptors (Lipinski definition) is 4. The topological polar surface area (TPSA) is 65.6 Å². The zero-order valence-electron chi connectivity index (χ0n) is 11.4. The number of anilines is 3. The van der Waals surface area contributed by atoms with E-state index < -0.39 is 0 Å². The molecule has 0 aliphatic rings. The molecule has 2 heterocycles. The summed E-state index contributed by atoms with van der Waals surface area (Å²) in [5.74, 6) is 1.56. The van der Waals surface area contributed by atoms with Crippen molar-refractivity contribution in [1.82, 2.24) is 15.0 Å². The van der Waals surface area contributed by atoms with Gasteiger partial charge in [0.25, 0.3) is 0 Å². The summed E-state index contributed by atoms with van der Waals surface area (Å²) in [6.45, 7) is 3.04. The Kier molecular flexibility index (Phi) is 3.50. The molecule has 0 saturated carbocycles. The van der Waals surface area contributed by atoms with Gasteiger partial charge in [0, 0.05) is 12.2 Å². The van der Waals surface area contributed by atoms with Gasteiger partial charge in [0.05, 0.1) is 5.52 Å². The molecule has 0 radical (unpaired) electrons. The van der Waals surface area contributed by atoms with Gasteiger partial charge < -0.3 is 15.6 Å². The van der Waals surface area contributed by atoms with Gasteiger partial charge in [-0.1, -0.05) is 25.1 Å². The monoisotopic (exact) mass is 267 g/mol. The van der Waals surface area contributed by atoms with Crippen molar-refractivity contribution in [3.63, 3.8) is 0 Å². The van der Waals surface area contributed by atoms with Crippen LogP contribution in [0.5, 0.6) is 0 Å². The molecule has 0 spiro atoms. The van der Waals surface area contributed by atoms with E-state index in [1.165, 1.54) is 0 Å². The fourth-order valence-electron chi connectivity index (χ4n) is 1.96. The van der Waals surface area contributed by atoms with Gasteiger partial charge in [-0.05, 0) is 30.7 Å². The lowest BCUT2D eigenvalue weighted by molar-refractivity contribution is 0.971. The Morgan fingerprint density at radius 2 is 1.90 bits per heavy atom. The van der Waals surface area contributed by atoms with E-state index in [9.17, 15) is 0 Å². The molecule has 5 nitrogen and oxygen atoms in total. The first-order chi connectivity index (χ1) is 9.85. The van der Waals surface area contributed by atoms with Crippen LogP contribution in [0, 0.1) is 0 Å². The molecule has 0 atom stereocenters. The van der Waals surface area contributed by atoms with Gasteiger partial charge in [0.2, 0.25) is 5.95 Å². The standard InChI is InChI=1S/C15H17N5/c1-2-10-16-13-9-8-12-14(19-13)20-15(18-12)17-11-6-4-3-5-7-11/h3-9H,2,10H2,1H3,(H3,16,17,18,19,20). The number of aromatic amines is 1. The lowest BCUT2D eigenvalue weighted by atomic mass is 10.3. The van der Waals surface area contributed by atoms with Crippen LogP contribution in [0.2, 0.25) is 0 Å². The van der Waals surface area contributed by atoms with E-state index in [0.717, 1.165) is 30.0 Å². The minimum Gasteiger partial charge on any atom is -0.370 e. The van der Waals surface area contributed by atoms with Crippen LogP contribution in [0.3, 0.4) is 0 Å². The number of hydrogen-bond donors (Lipinski definition) is 3. The molecule has 0 amide bonds. The van der Waals surface area contributed by atoms with Gasteiger partial charge in [-0.15, -0.1) is 0 Å².